The fraction of sp³-hybridized carbons (Fsp3) is 0.611. The highest BCUT2D eigenvalue weighted by atomic mass is 16.5. The number of amides is 1. The first-order valence-corrected chi connectivity index (χ1v) is 8.57. The van der Waals surface area contributed by atoms with Gasteiger partial charge in [-0.05, 0) is 18.4 Å². The number of aliphatic hydroxyl groups excluding tert-OH is 1. The van der Waals surface area contributed by atoms with E-state index in [9.17, 15) is 9.90 Å². The van der Waals surface area contributed by atoms with Crippen molar-refractivity contribution in [1.29, 1.82) is 0 Å². The molecule has 2 fully saturated rings. The van der Waals surface area contributed by atoms with Crippen molar-refractivity contribution in [2.24, 2.45) is 0 Å². The summed E-state index contributed by atoms with van der Waals surface area (Å²) in [5.74, 6) is 0.208. The first kappa shape index (κ1) is 16.4. The minimum absolute atomic E-state index is 0.125. The van der Waals surface area contributed by atoms with Crippen LogP contribution in [0.3, 0.4) is 0 Å². The molecule has 2 aliphatic heterocycles. The van der Waals surface area contributed by atoms with Gasteiger partial charge in [-0.1, -0.05) is 30.3 Å². The summed E-state index contributed by atoms with van der Waals surface area (Å²) in [6, 6.07) is 9.74. The summed E-state index contributed by atoms with van der Waals surface area (Å²) >= 11 is 0. The SMILES string of the molecule is O=C(C[C@@H]1CCCO1)N1CCN(C[C@@H](O)c2ccccc2)CC1. The van der Waals surface area contributed by atoms with Crippen LogP contribution >= 0.6 is 0 Å². The Labute approximate surface area is 137 Å². The van der Waals surface area contributed by atoms with Gasteiger partial charge >= 0.3 is 0 Å². The highest BCUT2D eigenvalue weighted by Crippen LogP contribution is 2.18. The fourth-order valence-corrected chi connectivity index (χ4v) is 3.33. The van der Waals surface area contributed by atoms with E-state index in [0.717, 1.165) is 51.2 Å². The molecule has 0 saturated carbocycles. The Hall–Kier alpha value is -1.43. The third-order valence-electron chi connectivity index (χ3n) is 4.77. The Morgan fingerprint density at radius 2 is 1.96 bits per heavy atom. The van der Waals surface area contributed by atoms with Crippen LogP contribution in [0, 0.1) is 0 Å². The smallest absolute Gasteiger partial charge is 0.225 e. The van der Waals surface area contributed by atoms with Crippen molar-refractivity contribution in [3.05, 3.63) is 35.9 Å². The molecule has 3 rings (SSSR count). The summed E-state index contributed by atoms with van der Waals surface area (Å²) in [4.78, 5) is 16.4. The maximum absolute atomic E-state index is 12.3. The van der Waals surface area contributed by atoms with Crippen LogP contribution in [-0.2, 0) is 9.53 Å². The topological polar surface area (TPSA) is 53.0 Å². The molecule has 2 aliphatic rings. The summed E-state index contributed by atoms with van der Waals surface area (Å²) in [6.45, 7) is 4.54. The molecule has 0 unspecified atom stereocenters. The van der Waals surface area contributed by atoms with Crippen LogP contribution in [0.5, 0.6) is 0 Å². The number of piperazine rings is 1. The van der Waals surface area contributed by atoms with Crippen LogP contribution in [-0.4, -0.2) is 66.2 Å². The molecular formula is C18H26N2O3. The predicted octanol–water partition coefficient (Wildman–Crippen LogP) is 1.43. The second-order valence-corrected chi connectivity index (χ2v) is 6.45. The lowest BCUT2D eigenvalue weighted by molar-refractivity contribution is -0.135. The number of carbonyl (C=O) groups is 1. The fourth-order valence-electron chi connectivity index (χ4n) is 3.33. The number of β-amino-alcohol motifs (C(OH)–C–C–N with tert-alkyl or cyclic N) is 1. The molecule has 0 aliphatic carbocycles. The first-order valence-electron chi connectivity index (χ1n) is 8.57. The van der Waals surface area contributed by atoms with Crippen LogP contribution in [0.4, 0.5) is 0 Å². The maximum Gasteiger partial charge on any atom is 0.225 e. The third-order valence-corrected chi connectivity index (χ3v) is 4.77. The molecule has 1 aromatic rings. The molecule has 0 spiro atoms. The number of hydrogen-bond donors (Lipinski definition) is 1. The zero-order valence-corrected chi connectivity index (χ0v) is 13.6. The summed E-state index contributed by atoms with van der Waals surface area (Å²) in [5.41, 5.74) is 0.949. The van der Waals surface area contributed by atoms with Crippen molar-refractivity contribution in [2.45, 2.75) is 31.5 Å². The molecule has 2 atom stereocenters. The molecule has 5 nitrogen and oxygen atoms in total. The van der Waals surface area contributed by atoms with E-state index in [-0.39, 0.29) is 12.0 Å². The van der Waals surface area contributed by atoms with Crippen LogP contribution in [0.2, 0.25) is 0 Å². The number of ether oxygens (including phenoxy) is 1. The molecular weight excluding hydrogens is 292 g/mol. The van der Waals surface area contributed by atoms with E-state index >= 15 is 0 Å². The van der Waals surface area contributed by atoms with Gasteiger partial charge in [-0.2, -0.15) is 0 Å². The first-order chi connectivity index (χ1) is 11.2. The van der Waals surface area contributed by atoms with Crippen LogP contribution < -0.4 is 0 Å². The zero-order chi connectivity index (χ0) is 16.1. The minimum Gasteiger partial charge on any atom is -0.387 e. The summed E-state index contributed by atoms with van der Waals surface area (Å²) in [5, 5.41) is 10.3. The second kappa shape index (κ2) is 7.90. The average Bonchev–Trinajstić information content (AvgIpc) is 3.09. The van der Waals surface area contributed by atoms with Gasteiger partial charge in [0.05, 0.1) is 18.6 Å². The van der Waals surface area contributed by atoms with E-state index in [0.29, 0.717) is 13.0 Å². The van der Waals surface area contributed by atoms with Crippen molar-refractivity contribution in [3.8, 4) is 0 Å². The average molecular weight is 318 g/mol. The number of nitrogens with zero attached hydrogens (tertiary/aromatic N) is 2. The van der Waals surface area contributed by atoms with Crippen molar-refractivity contribution < 1.29 is 14.6 Å². The number of hydrogen-bond acceptors (Lipinski definition) is 4. The third kappa shape index (κ3) is 4.53. The minimum atomic E-state index is -0.467. The Balaban J connectivity index is 1.42. The van der Waals surface area contributed by atoms with Crippen LogP contribution in [0.25, 0.3) is 0 Å². The number of rotatable bonds is 5. The van der Waals surface area contributed by atoms with Gasteiger partial charge in [0.2, 0.25) is 5.91 Å². The van der Waals surface area contributed by atoms with E-state index in [4.69, 9.17) is 4.74 Å². The molecule has 1 aromatic carbocycles. The molecule has 0 bridgehead atoms. The molecule has 126 valence electrons. The summed E-state index contributed by atoms with van der Waals surface area (Å²) in [6.07, 6.45) is 2.26. The lowest BCUT2D eigenvalue weighted by Crippen LogP contribution is -2.50. The van der Waals surface area contributed by atoms with Crippen molar-refractivity contribution >= 4 is 5.91 Å². The van der Waals surface area contributed by atoms with Gasteiger partial charge in [0.15, 0.2) is 0 Å². The Morgan fingerprint density at radius 1 is 1.22 bits per heavy atom. The Morgan fingerprint density at radius 3 is 2.61 bits per heavy atom. The van der Waals surface area contributed by atoms with Gasteiger partial charge in [0.25, 0.3) is 0 Å². The van der Waals surface area contributed by atoms with E-state index in [1.807, 2.05) is 35.2 Å². The lowest BCUT2D eigenvalue weighted by Gasteiger charge is -2.36. The van der Waals surface area contributed by atoms with E-state index in [1.165, 1.54) is 0 Å². The van der Waals surface area contributed by atoms with E-state index in [1.54, 1.807) is 0 Å². The Kier molecular flexibility index (Phi) is 5.65. The molecule has 2 saturated heterocycles. The molecule has 5 heteroatoms. The highest BCUT2D eigenvalue weighted by molar-refractivity contribution is 5.76. The molecule has 23 heavy (non-hydrogen) atoms. The van der Waals surface area contributed by atoms with Gasteiger partial charge in [0, 0.05) is 39.3 Å². The van der Waals surface area contributed by atoms with Gasteiger partial charge in [-0.3, -0.25) is 9.69 Å². The van der Waals surface area contributed by atoms with E-state index in [2.05, 4.69) is 4.90 Å². The second-order valence-electron chi connectivity index (χ2n) is 6.45. The summed E-state index contributed by atoms with van der Waals surface area (Å²) in [7, 11) is 0. The van der Waals surface area contributed by atoms with Crippen molar-refractivity contribution in [2.75, 3.05) is 39.3 Å². The van der Waals surface area contributed by atoms with E-state index < -0.39 is 6.10 Å². The highest BCUT2D eigenvalue weighted by Gasteiger charge is 2.26. The molecule has 0 radical (unpaired) electrons. The number of benzene rings is 1. The lowest BCUT2D eigenvalue weighted by atomic mass is 10.1. The molecule has 1 N–H and O–H groups in total. The molecule has 2 heterocycles. The monoisotopic (exact) mass is 318 g/mol. The van der Waals surface area contributed by atoms with Gasteiger partial charge in [-0.25, -0.2) is 0 Å². The number of carbonyl (C=O) groups excluding carboxylic acids is 1. The van der Waals surface area contributed by atoms with Gasteiger partial charge in [0.1, 0.15) is 0 Å². The summed E-state index contributed by atoms with van der Waals surface area (Å²) < 4.78 is 5.55. The standard InChI is InChI=1S/C18H26N2O3/c21-17(15-5-2-1-3-6-15)14-19-8-10-20(11-9-19)18(22)13-16-7-4-12-23-16/h1-3,5-6,16-17,21H,4,7-14H2/t16-,17+/m0/s1. The largest absolute Gasteiger partial charge is 0.387 e. The maximum atomic E-state index is 12.3. The van der Waals surface area contributed by atoms with Gasteiger partial charge in [-0.15, -0.1) is 0 Å². The van der Waals surface area contributed by atoms with Crippen LogP contribution in [0.15, 0.2) is 30.3 Å². The number of aliphatic hydroxyl groups is 1. The van der Waals surface area contributed by atoms with Crippen molar-refractivity contribution in [3.63, 3.8) is 0 Å². The van der Waals surface area contributed by atoms with Crippen molar-refractivity contribution in [1.82, 2.24) is 9.80 Å². The predicted molar refractivity (Wildman–Crippen MR) is 88.0 cm³/mol. The quantitative estimate of drug-likeness (QED) is 0.892. The van der Waals surface area contributed by atoms with Gasteiger partial charge < -0.3 is 14.7 Å². The molecule has 1 amide bonds. The molecule has 0 aromatic heterocycles. The van der Waals surface area contributed by atoms with Crippen LogP contribution in [0.1, 0.15) is 30.9 Å². The Bertz CT molecular complexity index is 494. The zero-order valence-electron chi connectivity index (χ0n) is 13.6. The normalized spacial score (nSPS) is 23.9.